The maximum absolute atomic E-state index is 12.6. The van der Waals surface area contributed by atoms with Gasteiger partial charge in [0.2, 0.25) is 0 Å². The van der Waals surface area contributed by atoms with E-state index in [1.807, 2.05) is 0 Å². The second-order valence-electron chi connectivity index (χ2n) is 3.61. The Labute approximate surface area is 87.3 Å². The monoisotopic (exact) mass is 212 g/mol. The van der Waals surface area contributed by atoms with Gasteiger partial charge in [-0.15, -0.1) is 11.8 Å². The van der Waals surface area contributed by atoms with E-state index in [0.29, 0.717) is 5.25 Å². The van der Waals surface area contributed by atoms with Gasteiger partial charge in [-0.2, -0.15) is 0 Å². The van der Waals surface area contributed by atoms with E-state index >= 15 is 0 Å². The van der Waals surface area contributed by atoms with Gasteiger partial charge in [0.15, 0.2) is 0 Å². The summed E-state index contributed by atoms with van der Waals surface area (Å²) in [5.74, 6) is -0.207. The lowest BCUT2D eigenvalue weighted by Crippen LogP contribution is -2.14. The highest BCUT2D eigenvalue weighted by molar-refractivity contribution is 8.00. The van der Waals surface area contributed by atoms with Crippen LogP contribution in [0.4, 0.5) is 4.39 Å². The van der Waals surface area contributed by atoms with Crippen LogP contribution in [0.15, 0.2) is 29.2 Å². The summed E-state index contributed by atoms with van der Waals surface area (Å²) < 4.78 is 12.6. The Morgan fingerprint density at radius 2 is 1.93 bits per heavy atom. The van der Waals surface area contributed by atoms with Crippen LogP contribution < -0.4 is 0 Å². The Balaban J connectivity index is 2.00. The van der Waals surface area contributed by atoms with Gasteiger partial charge in [-0.1, -0.05) is 0 Å². The summed E-state index contributed by atoms with van der Waals surface area (Å²) in [6, 6.07) is 6.46. The van der Waals surface area contributed by atoms with Crippen LogP contribution in [0, 0.1) is 5.82 Å². The molecule has 0 amide bonds. The second kappa shape index (κ2) is 4.32. The smallest absolute Gasteiger partial charge is 0.123 e. The molecule has 1 nitrogen and oxygen atoms in total. The third-order valence-corrected chi connectivity index (χ3v) is 3.92. The van der Waals surface area contributed by atoms with Crippen molar-refractivity contribution in [3.63, 3.8) is 0 Å². The first kappa shape index (κ1) is 9.99. The van der Waals surface area contributed by atoms with Crippen molar-refractivity contribution >= 4 is 11.8 Å². The topological polar surface area (TPSA) is 20.2 Å². The first-order chi connectivity index (χ1) is 6.75. The standard InChI is InChI=1S/C11H13FOS/c12-8-4-6-9(7-5-8)14-11-3-1-2-10(11)13/h4-7,10-11,13H,1-3H2/t10-,11-/m1/s1. The summed E-state index contributed by atoms with van der Waals surface area (Å²) in [5.41, 5.74) is 0. The molecule has 14 heavy (non-hydrogen) atoms. The fourth-order valence-electron chi connectivity index (χ4n) is 1.73. The minimum absolute atomic E-state index is 0.190. The minimum Gasteiger partial charge on any atom is -0.392 e. The molecule has 0 spiro atoms. The van der Waals surface area contributed by atoms with Gasteiger partial charge < -0.3 is 5.11 Å². The number of hydrogen-bond donors (Lipinski definition) is 1. The lowest BCUT2D eigenvalue weighted by molar-refractivity contribution is 0.188. The first-order valence-corrected chi connectivity index (χ1v) is 5.74. The van der Waals surface area contributed by atoms with Crippen molar-refractivity contribution in [1.82, 2.24) is 0 Å². The SMILES string of the molecule is O[C@@H]1CCC[C@H]1Sc1ccc(F)cc1. The highest BCUT2D eigenvalue weighted by Crippen LogP contribution is 2.34. The molecule has 1 aliphatic rings. The van der Waals surface area contributed by atoms with Crippen molar-refractivity contribution in [1.29, 1.82) is 0 Å². The maximum Gasteiger partial charge on any atom is 0.123 e. The molecule has 2 atom stereocenters. The molecule has 0 unspecified atom stereocenters. The molecule has 0 radical (unpaired) electrons. The van der Waals surface area contributed by atoms with Crippen molar-refractivity contribution < 1.29 is 9.50 Å². The highest BCUT2D eigenvalue weighted by Gasteiger charge is 2.25. The third-order valence-electron chi connectivity index (χ3n) is 2.52. The lowest BCUT2D eigenvalue weighted by Gasteiger charge is -2.13. The zero-order valence-electron chi connectivity index (χ0n) is 7.82. The van der Waals surface area contributed by atoms with Gasteiger partial charge in [-0.25, -0.2) is 4.39 Å². The lowest BCUT2D eigenvalue weighted by atomic mass is 10.3. The Bertz CT molecular complexity index is 299. The maximum atomic E-state index is 12.6. The molecule has 1 aliphatic carbocycles. The van der Waals surface area contributed by atoms with E-state index in [2.05, 4.69) is 0 Å². The van der Waals surface area contributed by atoms with Crippen LogP contribution in [-0.4, -0.2) is 16.5 Å². The number of aliphatic hydroxyl groups excluding tert-OH is 1. The third kappa shape index (κ3) is 2.28. The van der Waals surface area contributed by atoms with E-state index in [9.17, 15) is 9.50 Å². The molecule has 1 N–H and O–H groups in total. The first-order valence-electron chi connectivity index (χ1n) is 4.86. The van der Waals surface area contributed by atoms with Crippen LogP contribution in [0.1, 0.15) is 19.3 Å². The molecule has 3 heteroatoms. The minimum atomic E-state index is -0.207. The van der Waals surface area contributed by atoms with E-state index in [0.717, 1.165) is 24.2 Å². The number of benzene rings is 1. The largest absolute Gasteiger partial charge is 0.392 e. The van der Waals surface area contributed by atoms with E-state index < -0.39 is 0 Å². The average molecular weight is 212 g/mol. The summed E-state index contributed by atoms with van der Waals surface area (Å²) in [6.45, 7) is 0. The number of rotatable bonds is 2. The van der Waals surface area contributed by atoms with Crippen molar-refractivity contribution in [2.75, 3.05) is 0 Å². The average Bonchev–Trinajstić information content (AvgIpc) is 2.56. The van der Waals surface area contributed by atoms with Crippen LogP contribution in [0.5, 0.6) is 0 Å². The van der Waals surface area contributed by atoms with Gasteiger partial charge in [-0.05, 0) is 43.5 Å². The van der Waals surface area contributed by atoms with Crippen molar-refractivity contribution in [2.24, 2.45) is 0 Å². The molecule has 1 fully saturated rings. The molecule has 0 aliphatic heterocycles. The number of aliphatic hydroxyl groups is 1. The molecular formula is C11H13FOS. The molecule has 0 aromatic heterocycles. The van der Waals surface area contributed by atoms with E-state index in [1.165, 1.54) is 12.1 Å². The van der Waals surface area contributed by atoms with E-state index in [-0.39, 0.29) is 11.9 Å². The molecular weight excluding hydrogens is 199 g/mol. The van der Waals surface area contributed by atoms with Gasteiger partial charge in [0.05, 0.1) is 6.10 Å². The van der Waals surface area contributed by atoms with Crippen LogP contribution >= 0.6 is 11.8 Å². The summed E-state index contributed by atoms with van der Waals surface area (Å²) >= 11 is 1.65. The zero-order valence-corrected chi connectivity index (χ0v) is 8.64. The molecule has 0 heterocycles. The summed E-state index contributed by atoms with van der Waals surface area (Å²) in [7, 11) is 0. The fraction of sp³-hybridized carbons (Fsp3) is 0.455. The molecule has 1 saturated carbocycles. The van der Waals surface area contributed by atoms with Crippen LogP contribution in [0.3, 0.4) is 0 Å². The van der Waals surface area contributed by atoms with Gasteiger partial charge in [0.25, 0.3) is 0 Å². The highest BCUT2D eigenvalue weighted by atomic mass is 32.2. The quantitative estimate of drug-likeness (QED) is 0.813. The Morgan fingerprint density at radius 1 is 1.21 bits per heavy atom. The van der Waals surface area contributed by atoms with Gasteiger partial charge in [0.1, 0.15) is 5.82 Å². The summed E-state index contributed by atoms with van der Waals surface area (Å²) in [4.78, 5) is 1.04. The second-order valence-corrected chi connectivity index (χ2v) is 4.92. The number of halogens is 1. The van der Waals surface area contributed by atoms with Crippen LogP contribution in [0.2, 0.25) is 0 Å². The molecule has 1 aromatic carbocycles. The van der Waals surface area contributed by atoms with Crippen molar-refractivity contribution in [3.05, 3.63) is 30.1 Å². The Morgan fingerprint density at radius 3 is 2.50 bits per heavy atom. The molecule has 1 aromatic rings. The van der Waals surface area contributed by atoms with Crippen molar-refractivity contribution in [2.45, 2.75) is 35.5 Å². The predicted molar refractivity (Wildman–Crippen MR) is 55.9 cm³/mol. The summed E-state index contributed by atoms with van der Waals surface area (Å²) in [5, 5.41) is 9.90. The van der Waals surface area contributed by atoms with Crippen LogP contribution in [0.25, 0.3) is 0 Å². The number of thioether (sulfide) groups is 1. The predicted octanol–water partition coefficient (Wildman–Crippen LogP) is 2.83. The fourth-order valence-corrected chi connectivity index (χ4v) is 2.95. The van der Waals surface area contributed by atoms with Gasteiger partial charge >= 0.3 is 0 Å². The molecule has 76 valence electrons. The Hall–Kier alpha value is -0.540. The molecule has 0 saturated heterocycles. The van der Waals surface area contributed by atoms with Gasteiger partial charge in [0, 0.05) is 10.1 Å². The zero-order chi connectivity index (χ0) is 9.97. The summed E-state index contributed by atoms with van der Waals surface area (Å²) in [6.07, 6.45) is 2.87. The normalized spacial score (nSPS) is 26.7. The van der Waals surface area contributed by atoms with E-state index in [4.69, 9.17) is 0 Å². The van der Waals surface area contributed by atoms with E-state index in [1.54, 1.807) is 23.9 Å². The molecule has 2 rings (SSSR count). The number of hydrogen-bond acceptors (Lipinski definition) is 2. The van der Waals surface area contributed by atoms with Gasteiger partial charge in [-0.3, -0.25) is 0 Å². The Kier molecular flexibility index (Phi) is 3.08. The van der Waals surface area contributed by atoms with Crippen LogP contribution in [-0.2, 0) is 0 Å². The van der Waals surface area contributed by atoms with Crippen molar-refractivity contribution in [3.8, 4) is 0 Å². The molecule has 0 bridgehead atoms.